The van der Waals surface area contributed by atoms with Crippen molar-refractivity contribution >= 4 is 5.96 Å². The highest BCUT2D eigenvalue weighted by molar-refractivity contribution is 5.79. The number of hydrogen-bond acceptors (Lipinski definition) is 3. The minimum atomic E-state index is -0.0132. The summed E-state index contributed by atoms with van der Waals surface area (Å²) < 4.78 is 5.56. The molecule has 0 amide bonds. The number of aliphatic hydroxyl groups is 1. The van der Waals surface area contributed by atoms with Crippen LogP contribution < -0.4 is 10.6 Å². The molecule has 0 bridgehead atoms. The van der Waals surface area contributed by atoms with Crippen LogP contribution in [0.4, 0.5) is 0 Å². The van der Waals surface area contributed by atoms with Crippen LogP contribution >= 0.6 is 0 Å². The minimum Gasteiger partial charge on any atom is -0.396 e. The van der Waals surface area contributed by atoms with Gasteiger partial charge in [0, 0.05) is 37.6 Å². The number of nitrogens with zero attached hydrogens (tertiary/aromatic N) is 1. The number of guanidine groups is 1. The van der Waals surface area contributed by atoms with E-state index in [1.165, 1.54) is 5.56 Å². The topological polar surface area (TPSA) is 65.9 Å². The minimum absolute atomic E-state index is 0.0132. The summed E-state index contributed by atoms with van der Waals surface area (Å²) >= 11 is 0. The Morgan fingerprint density at radius 2 is 2.08 bits per heavy atom. The van der Waals surface area contributed by atoms with Gasteiger partial charge in [-0.1, -0.05) is 37.3 Å². The lowest BCUT2D eigenvalue weighted by molar-refractivity contribution is 0.131. The fourth-order valence-electron chi connectivity index (χ4n) is 3.32. The van der Waals surface area contributed by atoms with E-state index in [1.54, 1.807) is 0 Å². The van der Waals surface area contributed by atoms with Gasteiger partial charge in [0.15, 0.2) is 5.96 Å². The molecule has 0 saturated carbocycles. The third-order valence-corrected chi connectivity index (χ3v) is 5.02. The molecule has 3 N–H and O–H groups in total. The molecule has 5 nitrogen and oxygen atoms in total. The number of benzene rings is 1. The highest BCUT2D eigenvalue weighted by atomic mass is 16.5. The number of rotatable bonds is 9. The van der Waals surface area contributed by atoms with Gasteiger partial charge >= 0.3 is 0 Å². The van der Waals surface area contributed by atoms with Gasteiger partial charge in [0.2, 0.25) is 0 Å². The lowest BCUT2D eigenvalue weighted by Gasteiger charge is -2.25. The van der Waals surface area contributed by atoms with Gasteiger partial charge in [0.1, 0.15) is 0 Å². The summed E-state index contributed by atoms with van der Waals surface area (Å²) in [5.74, 6) is 1.31. The zero-order chi connectivity index (χ0) is 18.0. The molecule has 140 valence electrons. The first-order chi connectivity index (χ1) is 12.2. The molecule has 2 atom stereocenters. The van der Waals surface area contributed by atoms with Crippen LogP contribution in [0.3, 0.4) is 0 Å². The molecule has 5 heteroatoms. The third-order valence-electron chi connectivity index (χ3n) is 5.02. The van der Waals surface area contributed by atoms with Gasteiger partial charge in [-0.05, 0) is 31.7 Å². The molecular weight excluding hydrogens is 314 g/mol. The molecule has 25 heavy (non-hydrogen) atoms. The average molecular weight is 348 g/mol. The summed E-state index contributed by atoms with van der Waals surface area (Å²) in [6.07, 6.45) is 2.80. The fourth-order valence-corrected chi connectivity index (χ4v) is 3.32. The Balaban J connectivity index is 1.97. The summed E-state index contributed by atoms with van der Waals surface area (Å²) in [6, 6.07) is 10.6. The Morgan fingerprint density at radius 3 is 2.68 bits per heavy atom. The lowest BCUT2D eigenvalue weighted by atomic mass is 9.84. The molecule has 0 spiro atoms. The van der Waals surface area contributed by atoms with Gasteiger partial charge in [-0.15, -0.1) is 0 Å². The van der Waals surface area contributed by atoms with E-state index in [0.29, 0.717) is 19.1 Å². The van der Waals surface area contributed by atoms with Crippen molar-refractivity contribution in [1.82, 2.24) is 10.6 Å². The molecule has 0 aliphatic carbocycles. The van der Waals surface area contributed by atoms with Crippen LogP contribution in [0.1, 0.15) is 44.6 Å². The van der Waals surface area contributed by atoms with Gasteiger partial charge in [0.25, 0.3) is 0 Å². The number of ether oxygens (including phenoxy) is 1. The smallest absolute Gasteiger partial charge is 0.191 e. The molecule has 2 unspecified atom stereocenters. The summed E-state index contributed by atoms with van der Waals surface area (Å²) in [5, 5.41) is 16.2. The Labute approximate surface area is 151 Å². The predicted molar refractivity (Wildman–Crippen MR) is 103 cm³/mol. The summed E-state index contributed by atoms with van der Waals surface area (Å²) in [6.45, 7) is 8.32. The van der Waals surface area contributed by atoms with Crippen LogP contribution in [0.2, 0.25) is 0 Å². The van der Waals surface area contributed by atoms with Gasteiger partial charge < -0.3 is 20.5 Å². The molecular formula is C20H33N3O2. The van der Waals surface area contributed by atoms with Crippen molar-refractivity contribution in [3.8, 4) is 0 Å². The van der Waals surface area contributed by atoms with Crippen LogP contribution in [0.15, 0.2) is 35.3 Å². The second-order valence-corrected chi connectivity index (χ2v) is 6.87. The summed E-state index contributed by atoms with van der Waals surface area (Å²) in [5.41, 5.74) is 1.34. The van der Waals surface area contributed by atoms with Crippen molar-refractivity contribution in [2.24, 2.45) is 10.4 Å². The number of aliphatic hydroxyl groups excluding tert-OH is 1. The Hall–Kier alpha value is -1.59. The van der Waals surface area contributed by atoms with E-state index in [9.17, 15) is 5.11 Å². The first kappa shape index (κ1) is 19.7. The summed E-state index contributed by atoms with van der Waals surface area (Å²) in [4.78, 5) is 4.79. The van der Waals surface area contributed by atoms with Crippen molar-refractivity contribution in [3.63, 3.8) is 0 Å². The molecule has 1 aromatic carbocycles. The molecule has 1 fully saturated rings. The van der Waals surface area contributed by atoms with Crippen LogP contribution in [0.5, 0.6) is 0 Å². The maximum atomic E-state index is 9.36. The highest BCUT2D eigenvalue weighted by Crippen LogP contribution is 2.32. The van der Waals surface area contributed by atoms with E-state index in [1.807, 2.05) is 0 Å². The Bertz CT molecular complexity index is 513. The van der Waals surface area contributed by atoms with Gasteiger partial charge in [0.05, 0.1) is 13.2 Å². The molecule has 1 saturated heterocycles. The Morgan fingerprint density at radius 1 is 1.28 bits per heavy atom. The highest BCUT2D eigenvalue weighted by Gasteiger charge is 2.34. The van der Waals surface area contributed by atoms with Crippen LogP contribution in [-0.4, -0.2) is 50.5 Å². The average Bonchev–Trinajstić information content (AvgIpc) is 3.10. The van der Waals surface area contributed by atoms with Crippen molar-refractivity contribution in [1.29, 1.82) is 0 Å². The van der Waals surface area contributed by atoms with E-state index in [-0.39, 0.29) is 12.0 Å². The van der Waals surface area contributed by atoms with Crippen LogP contribution in [-0.2, 0) is 4.74 Å². The number of nitrogens with one attached hydrogen (secondary N) is 2. The summed E-state index contributed by atoms with van der Waals surface area (Å²) in [7, 11) is 0. The normalized spacial score (nSPS) is 22.0. The van der Waals surface area contributed by atoms with Gasteiger partial charge in [-0.3, -0.25) is 4.99 Å². The molecule has 1 aliphatic rings. The molecule has 1 aromatic rings. The molecule has 2 rings (SSSR count). The number of aliphatic imine (C=N–C) groups is 1. The Kier molecular flexibility index (Phi) is 8.22. The van der Waals surface area contributed by atoms with Crippen molar-refractivity contribution in [2.45, 2.75) is 39.0 Å². The quantitative estimate of drug-likeness (QED) is 0.474. The van der Waals surface area contributed by atoms with Gasteiger partial charge in [-0.25, -0.2) is 0 Å². The fraction of sp³-hybridized carbons (Fsp3) is 0.650. The van der Waals surface area contributed by atoms with Crippen molar-refractivity contribution in [2.75, 3.05) is 39.5 Å². The standard InChI is InChI=1S/C20H33N3O2/c1-3-17(18-8-6-5-7-9-18)14-22-19(21-4-2)23-15-20(10-12-24)11-13-25-16-20/h5-9,17,24H,3-4,10-16H2,1-2H3,(H2,21,22,23). The second-order valence-electron chi connectivity index (χ2n) is 6.87. The van der Waals surface area contributed by atoms with Crippen molar-refractivity contribution < 1.29 is 9.84 Å². The molecule has 0 aromatic heterocycles. The zero-order valence-electron chi connectivity index (χ0n) is 15.6. The molecule has 1 aliphatic heterocycles. The van der Waals surface area contributed by atoms with Crippen molar-refractivity contribution in [3.05, 3.63) is 35.9 Å². The third kappa shape index (κ3) is 6.01. The van der Waals surface area contributed by atoms with Crippen LogP contribution in [0, 0.1) is 5.41 Å². The maximum absolute atomic E-state index is 9.36. The van der Waals surface area contributed by atoms with Crippen LogP contribution in [0.25, 0.3) is 0 Å². The van der Waals surface area contributed by atoms with E-state index < -0.39 is 0 Å². The largest absolute Gasteiger partial charge is 0.396 e. The van der Waals surface area contributed by atoms with E-state index in [0.717, 1.165) is 44.9 Å². The monoisotopic (exact) mass is 347 g/mol. The first-order valence-electron chi connectivity index (χ1n) is 9.48. The zero-order valence-corrected chi connectivity index (χ0v) is 15.6. The van der Waals surface area contributed by atoms with Gasteiger partial charge in [-0.2, -0.15) is 0 Å². The van der Waals surface area contributed by atoms with E-state index >= 15 is 0 Å². The van der Waals surface area contributed by atoms with E-state index in [4.69, 9.17) is 9.73 Å². The number of hydrogen-bond donors (Lipinski definition) is 3. The molecule has 0 radical (unpaired) electrons. The lowest BCUT2D eigenvalue weighted by Crippen LogP contribution is -2.40. The first-order valence-corrected chi connectivity index (χ1v) is 9.48. The maximum Gasteiger partial charge on any atom is 0.191 e. The molecule has 1 heterocycles. The van der Waals surface area contributed by atoms with E-state index in [2.05, 4.69) is 54.8 Å². The second kappa shape index (κ2) is 10.4. The predicted octanol–water partition coefficient (Wildman–Crippen LogP) is 2.52. The SMILES string of the molecule is CCNC(=NCC1(CCO)CCOC1)NCC(CC)c1ccccc1.